The molecule has 0 aliphatic rings. The Morgan fingerprint density at radius 3 is 2.60 bits per heavy atom. The molecule has 1 atom stereocenters. The van der Waals surface area contributed by atoms with Gasteiger partial charge in [0.2, 0.25) is 0 Å². The van der Waals surface area contributed by atoms with Crippen LogP contribution in [0.2, 0.25) is 0 Å². The highest BCUT2D eigenvalue weighted by Gasteiger charge is 2.26. The number of anilines is 1. The van der Waals surface area contributed by atoms with Crippen LogP contribution in [0.25, 0.3) is 10.9 Å². The van der Waals surface area contributed by atoms with Gasteiger partial charge in [-0.2, -0.15) is 0 Å². The van der Waals surface area contributed by atoms with Crippen molar-refractivity contribution in [1.82, 2.24) is 4.98 Å². The standard InChI is InChI=1S/C23H20N4O3/c1-14-5-3-8-20(24-14)26-21(17-6-4-7-18(13-17)27(29)30)19-12-11-16-10-9-15(2)25-22(16)23(19)28/h3-13,21,28H,1-2H3,(H,24,26)/p+1/t21-/m0/s1. The first-order valence-corrected chi connectivity index (χ1v) is 9.51. The highest BCUT2D eigenvalue weighted by Crippen LogP contribution is 2.37. The molecule has 7 nitrogen and oxygen atoms in total. The molecule has 4 aromatic rings. The lowest BCUT2D eigenvalue weighted by Crippen LogP contribution is -2.20. The molecule has 0 saturated carbocycles. The third kappa shape index (κ3) is 3.77. The summed E-state index contributed by atoms with van der Waals surface area (Å²) in [6.45, 7) is 3.80. The molecule has 0 amide bonds. The van der Waals surface area contributed by atoms with Crippen LogP contribution in [0.5, 0.6) is 5.75 Å². The van der Waals surface area contributed by atoms with E-state index < -0.39 is 11.0 Å². The van der Waals surface area contributed by atoms with E-state index in [1.165, 1.54) is 12.1 Å². The van der Waals surface area contributed by atoms with Gasteiger partial charge in [-0.25, -0.2) is 9.97 Å². The Morgan fingerprint density at radius 2 is 1.83 bits per heavy atom. The molecule has 4 rings (SSSR count). The minimum absolute atomic E-state index is 0.0122. The summed E-state index contributed by atoms with van der Waals surface area (Å²) in [7, 11) is 0. The first kappa shape index (κ1) is 19.3. The van der Waals surface area contributed by atoms with Gasteiger partial charge in [0.25, 0.3) is 11.5 Å². The summed E-state index contributed by atoms with van der Waals surface area (Å²) < 4.78 is 0. The third-order valence-electron chi connectivity index (χ3n) is 4.97. The average Bonchev–Trinajstić information content (AvgIpc) is 2.73. The normalized spacial score (nSPS) is 11.9. The number of nitro groups is 1. The lowest BCUT2D eigenvalue weighted by molar-refractivity contribution is -0.385. The number of nitrogens with zero attached hydrogens (tertiary/aromatic N) is 2. The van der Waals surface area contributed by atoms with E-state index in [2.05, 4.69) is 15.3 Å². The number of aromatic nitrogens is 2. The quantitative estimate of drug-likeness (QED) is 0.379. The second-order valence-electron chi connectivity index (χ2n) is 7.20. The first-order chi connectivity index (χ1) is 14.4. The van der Waals surface area contributed by atoms with Crippen molar-refractivity contribution < 1.29 is 15.0 Å². The molecule has 0 radical (unpaired) electrons. The third-order valence-corrected chi connectivity index (χ3v) is 4.97. The fourth-order valence-corrected chi connectivity index (χ4v) is 3.50. The van der Waals surface area contributed by atoms with Gasteiger partial charge in [0.1, 0.15) is 17.3 Å². The highest BCUT2D eigenvalue weighted by molar-refractivity contribution is 5.86. The minimum atomic E-state index is -0.533. The van der Waals surface area contributed by atoms with Gasteiger partial charge in [0.05, 0.1) is 10.6 Å². The Morgan fingerprint density at radius 1 is 1.07 bits per heavy atom. The van der Waals surface area contributed by atoms with Gasteiger partial charge < -0.3 is 5.11 Å². The summed E-state index contributed by atoms with van der Waals surface area (Å²) in [5, 5.41) is 26.6. The Labute approximate surface area is 173 Å². The van der Waals surface area contributed by atoms with E-state index in [1.54, 1.807) is 12.1 Å². The number of nitro benzene ring substituents is 1. The maximum atomic E-state index is 11.3. The van der Waals surface area contributed by atoms with E-state index in [4.69, 9.17) is 0 Å². The Balaban J connectivity index is 1.89. The summed E-state index contributed by atoms with van der Waals surface area (Å²) in [4.78, 5) is 18.6. The predicted molar refractivity (Wildman–Crippen MR) is 114 cm³/mol. The lowest BCUT2D eigenvalue weighted by atomic mass is 9.95. The van der Waals surface area contributed by atoms with Crippen LogP contribution in [0.1, 0.15) is 28.6 Å². The number of pyridine rings is 2. The van der Waals surface area contributed by atoms with Gasteiger partial charge in [-0.1, -0.05) is 30.3 Å². The largest absolute Gasteiger partial charge is 0.505 e. The minimum Gasteiger partial charge on any atom is -0.505 e. The molecular formula is C23H21N4O3+. The molecule has 0 fully saturated rings. The predicted octanol–water partition coefficient (Wildman–Crippen LogP) is 4.48. The van der Waals surface area contributed by atoms with Crippen LogP contribution in [0, 0.1) is 24.0 Å². The number of rotatable bonds is 5. The Hall–Kier alpha value is -4.00. The van der Waals surface area contributed by atoms with Crippen LogP contribution < -0.4 is 10.3 Å². The number of nitrogens with one attached hydrogen (secondary N) is 2. The maximum absolute atomic E-state index is 11.3. The van der Waals surface area contributed by atoms with Crippen LogP contribution in [-0.4, -0.2) is 15.0 Å². The first-order valence-electron chi connectivity index (χ1n) is 9.51. The summed E-state index contributed by atoms with van der Waals surface area (Å²) >= 11 is 0. The van der Waals surface area contributed by atoms with Gasteiger partial charge in [0, 0.05) is 40.4 Å². The molecule has 3 N–H and O–H groups in total. The summed E-state index contributed by atoms with van der Waals surface area (Å²) in [6, 6.07) is 19.1. The molecule has 2 aromatic heterocycles. The second-order valence-corrected chi connectivity index (χ2v) is 7.20. The molecule has 30 heavy (non-hydrogen) atoms. The van der Waals surface area contributed by atoms with Crippen molar-refractivity contribution in [3.63, 3.8) is 0 Å². The molecule has 0 spiro atoms. The number of aromatic amines is 1. The number of benzene rings is 2. The fourth-order valence-electron chi connectivity index (χ4n) is 3.50. The molecule has 150 valence electrons. The highest BCUT2D eigenvalue weighted by atomic mass is 16.6. The summed E-state index contributed by atoms with van der Waals surface area (Å²) in [6.07, 6.45) is 0. The van der Waals surface area contributed by atoms with Gasteiger partial charge >= 0.3 is 0 Å². The average molecular weight is 401 g/mol. The number of non-ortho nitro benzene ring substituents is 1. The fraction of sp³-hybridized carbons (Fsp3) is 0.130. The molecule has 0 unspecified atom stereocenters. The SMILES string of the molecule is Cc1ccc2ccc([C@@H](Nc3cccc(C)[nH+]3)c3cccc([N+](=O)[O-])c3)c(O)c2n1. The Kier molecular flexibility index (Phi) is 5.02. The number of fused-ring (bicyclic) bond motifs is 1. The van der Waals surface area contributed by atoms with E-state index in [0.29, 0.717) is 16.6 Å². The van der Waals surface area contributed by atoms with Crippen molar-refractivity contribution in [2.75, 3.05) is 5.32 Å². The van der Waals surface area contributed by atoms with Gasteiger partial charge in [0.15, 0.2) is 0 Å². The molecule has 0 aliphatic carbocycles. The van der Waals surface area contributed by atoms with E-state index in [1.807, 2.05) is 56.3 Å². The number of H-pyrrole nitrogens is 1. The number of hydrogen-bond donors (Lipinski definition) is 2. The van der Waals surface area contributed by atoms with Crippen molar-refractivity contribution >= 4 is 22.4 Å². The van der Waals surface area contributed by atoms with E-state index in [0.717, 1.165) is 22.6 Å². The topological polar surface area (TPSA) is 102 Å². The van der Waals surface area contributed by atoms with Crippen LogP contribution >= 0.6 is 0 Å². The molecule has 0 saturated heterocycles. The van der Waals surface area contributed by atoms with Crippen LogP contribution in [-0.2, 0) is 0 Å². The van der Waals surface area contributed by atoms with Crippen LogP contribution in [0.15, 0.2) is 66.7 Å². The maximum Gasteiger partial charge on any atom is 0.273 e. The zero-order valence-electron chi connectivity index (χ0n) is 16.6. The van der Waals surface area contributed by atoms with Crippen molar-refractivity contribution in [2.24, 2.45) is 0 Å². The summed E-state index contributed by atoms with van der Waals surface area (Å²) in [5.41, 5.74) is 3.47. The van der Waals surface area contributed by atoms with Gasteiger partial charge in [-0.05, 0) is 32.0 Å². The number of aromatic hydroxyl groups is 1. The number of phenolic OH excluding ortho intramolecular Hbond substituents is 1. The monoisotopic (exact) mass is 401 g/mol. The van der Waals surface area contributed by atoms with E-state index >= 15 is 0 Å². The molecular weight excluding hydrogens is 380 g/mol. The van der Waals surface area contributed by atoms with Crippen molar-refractivity contribution in [2.45, 2.75) is 19.9 Å². The molecule has 2 aromatic carbocycles. The van der Waals surface area contributed by atoms with Crippen molar-refractivity contribution in [1.29, 1.82) is 0 Å². The zero-order chi connectivity index (χ0) is 21.3. The van der Waals surface area contributed by atoms with Crippen molar-refractivity contribution in [3.8, 4) is 5.75 Å². The van der Waals surface area contributed by atoms with Gasteiger partial charge in [-0.3, -0.25) is 15.4 Å². The van der Waals surface area contributed by atoms with Crippen LogP contribution in [0.3, 0.4) is 0 Å². The molecule has 0 bridgehead atoms. The number of phenols is 1. The molecule has 7 heteroatoms. The van der Waals surface area contributed by atoms with Gasteiger partial charge in [-0.15, -0.1) is 0 Å². The second kappa shape index (κ2) is 7.79. The molecule has 0 aliphatic heterocycles. The van der Waals surface area contributed by atoms with Crippen molar-refractivity contribution in [3.05, 3.63) is 99.4 Å². The smallest absolute Gasteiger partial charge is 0.273 e. The van der Waals surface area contributed by atoms with Crippen LogP contribution in [0.4, 0.5) is 11.5 Å². The van der Waals surface area contributed by atoms with E-state index in [9.17, 15) is 15.2 Å². The number of aryl methyl sites for hydroxylation is 2. The lowest BCUT2D eigenvalue weighted by Gasteiger charge is -2.18. The summed E-state index contributed by atoms with van der Waals surface area (Å²) in [5.74, 6) is 0.774. The zero-order valence-corrected chi connectivity index (χ0v) is 16.6. The Bertz CT molecular complexity index is 1260. The molecule has 2 heterocycles. The number of hydrogen-bond acceptors (Lipinski definition) is 5. The van der Waals surface area contributed by atoms with E-state index in [-0.39, 0.29) is 11.4 Å².